The Kier molecular flexibility index (Phi) is 3.96. The number of nitrogens with zero attached hydrogens (tertiary/aromatic N) is 2. The average Bonchev–Trinajstić information content (AvgIpc) is 2.54. The minimum Gasteiger partial charge on any atom is -0.371 e. The molecule has 0 unspecified atom stereocenters. The molecule has 5 nitrogen and oxygen atoms in total. The number of hydrogen-bond acceptors (Lipinski definition) is 3. The molecule has 2 heterocycles. The van der Waals surface area contributed by atoms with Gasteiger partial charge in [-0.15, -0.1) is 0 Å². The van der Waals surface area contributed by atoms with Gasteiger partial charge in [-0.05, 0) is 25.2 Å². The van der Waals surface area contributed by atoms with Gasteiger partial charge < -0.3 is 14.5 Å². The Balaban J connectivity index is 1.62. The monoisotopic (exact) mass is 280 g/mol. The fourth-order valence-corrected chi connectivity index (χ4v) is 3.50. The zero-order valence-corrected chi connectivity index (χ0v) is 12.2. The van der Waals surface area contributed by atoms with Crippen molar-refractivity contribution < 1.29 is 14.3 Å². The number of fused-ring (bicyclic) bond motifs is 1. The van der Waals surface area contributed by atoms with Gasteiger partial charge in [-0.2, -0.15) is 0 Å². The van der Waals surface area contributed by atoms with E-state index in [9.17, 15) is 9.59 Å². The van der Waals surface area contributed by atoms with Crippen LogP contribution in [-0.2, 0) is 14.3 Å². The molecular weight excluding hydrogens is 256 g/mol. The maximum Gasteiger partial charge on any atom is 0.248 e. The molecule has 0 aromatic rings. The minimum absolute atomic E-state index is 0.0331. The summed E-state index contributed by atoms with van der Waals surface area (Å²) in [4.78, 5) is 28.0. The third kappa shape index (κ3) is 2.68. The van der Waals surface area contributed by atoms with E-state index >= 15 is 0 Å². The third-order valence-electron chi connectivity index (χ3n) is 5.21. The largest absolute Gasteiger partial charge is 0.371 e. The molecule has 3 rings (SSSR count). The molecule has 20 heavy (non-hydrogen) atoms. The first kappa shape index (κ1) is 13.9. The van der Waals surface area contributed by atoms with Gasteiger partial charge in [0.25, 0.3) is 0 Å². The number of rotatable bonds is 2. The quantitative estimate of drug-likeness (QED) is 0.754. The van der Waals surface area contributed by atoms with E-state index in [-0.39, 0.29) is 24.5 Å². The van der Waals surface area contributed by atoms with E-state index < -0.39 is 0 Å². The summed E-state index contributed by atoms with van der Waals surface area (Å²) in [6.07, 6.45) is 5.33. The van der Waals surface area contributed by atoms with Crippen molar-refractivity contribution in [1.29, 1.82) is 0 Å². The van der Waals surface area contributed by atoms with Gasteiger partial charge in [-0.3, -0.25) is 9.59 Å². The lowest BCUT2D eigenvalue weighted by Gasteiger charge is -2.41. The lowest BCUT2D eigenvalue weighted by atomic mass is 9.82. The van der Waals surface area contributed by atoms with Gasteiger partial charge in [-0.25, -0.2) is 0 Å². The molecule has 112 valence electrons. The van der Waals surface area contributed by atoms with Crippen LogP contribution in [-0.4, -0.2) is 61.0 Å². The van der Waals surface area contributed by atoms with Gasteiger partial charge in [0, 0.05) is 32.5 Å². The molecule has 1 saturated carbocycles. The molecule has 0 aromatic heterocycles. The number of ether oxygens (including phenoxy) is 1. The topological polar surface area (TPSA) is 49.9 Å². The van der Waals surface area contributed by atoms with Crippen molar-refractivity contribution in [2.24, 2.45) is 11.8 Å². The van der Waals surface area contributed by atoms with Crippen LogP contribution in [0.15, 0.2) is 0 Å². The molecule has 3 fully saturated rings. The number of carbonyl (C=O) groups is 2. The SMILES string of the molecule is CN1C(=O)COC[C@@H]2CCN(C(=O)CC3CCC3)C[C@@H]21. The lowest BCUT2D eigenvalue weighted by Crippen LogP contribution is -2.54. The number of piperidine rings is 1. The Labute approximate surface area is 120 Å². The standard InChI is InChI=1S/C15H24N2O3/c1-16-13-8-17(14(18)7-11-3-2-4-11)6-5-12(13)9-20-10-15(16)19/h11-13H,2-10H2,1H3/t12-,13-/m0/s1. The van der Waals surface area contributed by atoms with E-state index in [1.165, 1.54) is 19.3 Å². The van der Waals surface area contributed by atoms with E-state index in [1.54, 1.807) is 4.90 Å². The van der Waals surface area contributed by atoms with Gasteiger partial charge in [0.05, 0.1) is 12.6 Å². The second-order valence-corrected chi connectivity index (χ2v) is 6.48. The first-order valence-corrected chi connectivity index (χ1v) is 7.76. The number of likely N-dealkylation sites (N-methyl/N-ethyl adjacent to an activating group) is 1. The first-order chi connectivity index (χ1) is 9.65. The molecule has 3 aliphatic rings. The van der Waals surface area contributed by atoms with Gasteiger partial charge in [0.1, 0.15) is 6.61 Å². The maximum atomic E-state index is 12.3. The van der Waals surface area contributed by atoms with E-state index in [2.05, 4.69) is 0 Å². The summed E-state index contributed by atoms with van der Waals surface area (Å²) < 4.78 is 5.44. The van der Waals surface area contributed by atoms with Crippen molar-refractivity contribution in [3.63, 3.8) is 0 Å². The molecular formula is C15H24N2O3. The first-order valence-electron chi connectivity index (χ1n) is 7.76. The molecule has 2 amide bonds. The number of likely N-dealkylation sites (tertiary alicyclic amines) is 1. The second kappa shape index (κ2) is 5.72. The second-order valence-electron chi connectivity index (χ2n) is 6.48. The van der Waals surface area contributed by atoms with Crippen LogP contribution in [0.3, 0.4) is 0 Å². The molecule has 1 aliphatic carbocycles. The molecule has 0 aromatic carbocycles. The summed E-state index contributed by atoms with van der Waals surface area (Å²) in [6.45, 7) is 2.32. The van der Waals surface area contributed by atoms with Crippen LogP contribution in [0.1, 0.15) is 32.1 Å². The van der Waals surface area contributed by atoms with Crippen LogP contribution in [0.2, 0.25) is 0 Å². The zero-order valence-electron chi connectivity index (χ0n) is 12.2. The molecule has 0 spiro atoms. The summed E-state index contributed by atoms with van der Waals surface area (Å²) in [7, 11) is 1.84. The van der Waals surface area contributed by atoms with Crippen LogP contribution in [0.25, 0.3) is 0 Å². The summed E-state index contributed by atoms with van der Waals surface area (Å²) in [5.74, 6) is 1.29. The molecule has 2 aliphatic heterocycles. The van der Waals surface area contributed by atoms with Gasteiger partial charge >= 0.3 is 0 Å². The summed E-state index contributed by atoms with van der Waals surface area (Å²) in [5, 5.41) is 0. The highest BCUT2D eigenvalue weighted by Crippen LogP contribution is 2.31. The zero-order chi connectivity index (χ0) is 14.1. The smallest absolute Gasteiger partial charge is 0.248 e. The van der Waals surface area contributed by atoms with Gasteiger partial charge in [0.15, 0.2) is 0 Å². The lowest BCUT2D eigenvalue weighted by molar-refractivity contribution is -0.140. The Hall–Kier alpha value is -1.10. The van der Waals surface area contributed by atoms with Crippen molar-refractivity contribution >= 4 is 11.8 Å². The number of hydrogen-bond donors (Lipinski definition) is 0. The van der Waals surface area contributed by atoms with Crippen LogP contribution < -0.4 is 0 Å². The Morgan fingerprint density at radius 3 is 2.85 bits per heavy atom. The highest BCUT2D eigenvalue weighted by molar-refractivity contribution is 5.79. The number of carbonyl (C=O) groups excluding carboxylic acids is 2. The van der Waals surface area contributed by atoms with E-state index in [0.29, 0.717) is 31.4 Å². The van der Waals surface area contributed by atoms with Crippen molar-refractivity contribution in [3.8, 4) is 0 Å². The Morgan fingerprint density at radius 2 is 2.15 bits per heavy atom. The van der Waals surface area contributed by atoms with Crippen LogP contribution in [0.5, 0.6) is 0 Å². The predicted molar refractivity (Wildman–Crippen MR) is 74.0 cm³/mol. The van der Waals surface area contributed by atoms with Crippen LogP contribution >= 0.6 is 0 Å². The van der Waals surface area contributed by atoms with Crippen molar-refractivity contribution in [1.82, 2.24) is 9.80 Å². The van der Waals surface area contributed by atoms with Crippen LogP contribution in [0, 0.1) is 11.8 Å². The van der Waals surface area contributed by atoms with E-state index in [1.807, 2.05) is 11.9 Å². The highest BCUT2D eigenvalue weighted by Gasteiger charge is 2.38. The van der Waals surface area contributed by atoms with Crippen LogP contribution in [0.4, 0.5) is 0 Å². The van der Waals surface area contributed by atoms with E-state index in [0.717, 1.165) is 13.0 Å². The van der Waals surface area contributed by atoms with Gasteiger partial charge in [0.2, 0.25) is 11.8 Å². The molecule has 0 bridgehead atoms. The fraction of sp³-hybridized carbons (Fsp3) is 0.867. The summed E-state index contributed by atoms with van der Waals surface area (Å²) >= 11 is 0. The van der Waals surface area contributed by atoms with E-state index in [4.69, 9.17) is 4.74 Å². The molecule has 5 heteroatoms. The van der Waals surface area contributed by atoms with Crippen molar-refractivity contribution in [3.05, 3.63) is 0 Å². The molecule has 0 radical (unpaired) electrons. The molecule has 0 N–H and O–H groups in total. The predicted octanol–water partition coefficient (Wildman–Crippen LogP) is 0.882. The normalized spacial score (nSPS) is 31.6. The molecule has 2 saturated heterocycles. The summed E-state index contributed by atoms with van der Waals surface area (Å²) in [5.41, 5.74) is 0. The third-order valence-corrected chi connectivity index (χ3v) is 5.21. The Bertz CT molecular complexity index is 395. The fourth-order valence-electron chi connectivity index (χ4n) is 3.50. The van der Waals surface area contributed by atoms with Gasteiger partial charge in [-0.1, -0.05) is 6.42 Å². The average molecular weight is 280 g/mol. The Morgan fingerprint density at radius 1 is 1.35 bits per heavy atom. The minimum atomic E-state index is 0.0331. The maximum absolute atomic E-state index is 12.3. The molecule has 2 atom stereocenters. The summed E-state index contributed by atoms with van der Waals surface area (Å²) in [6, 6.07) is 0.129. The van der Waals surface area contributed by atoms with Crippen molar-refractivity contribution in [2.45, 2.75) is 38.1 Å². The number of amides is 2. The highest BCUT2D eigenvalue weighted by atomic mass is 16.5. The van der Waals surface area contributed by atoms with Crippen molar-refractivity contribution in [2.75, 3.05) is 33.4 Å².